The van der Waals surface area contributed by atoms with Crippen LogP contribution in [0, 0.1) is 28.1 Å². The highest BCUT2D eigenvalue weighted by Gasteiger charge is 2.73. The van der Waals surface area contributed by atoms with Crippen molar-refractivity contribution >= 4 is 11.8 Å². The lowest BCUT2D eigenvalue weighted by Crippen LogP contribution is -2.72. The molecule has 3 heterocycles. The van der Waals surface area contributed by atoms with Gasteiger partial charge in [0.25, 0.3) is 0 Å². The second-order valence-electron chi connectivity index (χ2n) is 19.0. The van der Waals surface area contributed by atoms with Crippen molar-refractivity contribution < 1.29 is 54.4 Å². The topological polar surface area (TPSA) is 226 Å². The van der Waals surface area contributed by atoms with Crippen LogP contribution in [0.15, 0.2) is 48.7 Å². The van der Waals surface area contributed by atoms with E-state index in [1.165, 1.54) is 26.0 Å². The van der Waals surface area contributed by atoms with Crippen molar-refractivity contribution in [3.63, 3.8) is 0 Å². The maximum absolute atomic E-state index is 13.4. The lowest BCUT2D eigenvalue weighted by Gasteiger charge is -2.70. The molecular weight excluding hydrogens is 795 g/mol. The van der Waals surface area contributed by atoms with Crippen molar-refractivity contribution in [1.82, 2.24) is 10.3 Å². The number of nitrogens with two attached hydrogens (primary N) is 1. The Bertz CT molecular complexity index is 2060. The van der Waals surface area contributed by atoms with Gasteiger partial charge in [0.05, 0.1) is 31.8 Å². The first kappa shape index (κ1) is 44.3. The molecule has 14 nitrogen and oxygen atoms in total. The number of phenolic OH excluding ortho intramolecular Hbond substituents is 2. The number of nitrogens with one attached hydrogen (secondary N) is 1. The van der Waals surface area contributed by atoms with E-state index in [0.29, 0.717) is 36.6 Å². The van der Waals surface area contributed by atoms with Gasteiger partial charge >= 0.3 is 5.97 Å². The number of aliphatic carboxylic acids is 1. The van der Waals surface area contributed by atoms with Gasteiger partial charge in [-0.15, -0.1) is 0 Å². The Morgan fingerprint density at radius 2 is 1.76 bits per heavy atom. The molecule has 3 aliphatic carbocycles. The average Bonchev–Trinajstić information content (AvgIpc) is 3.90. The molecule has 9 N–H and O–H groups in total. The summed E-state index contributed by atoms with van der Waals surface area (Å²) < 4.78 is 24.4. The monoisotopic (exact) mass is 859 g/mol. The van der Waals surface area contributed by atoms with E-state index in [4.69, 9.17) is 24.7 Å². The number of rotatable bonds is 15. The number of nitrogens with zero attached hydrogens (tertiary/aromatic N) is 1. The predicted octanol–water partition coefficient (Wildman–Crippen LogP) is 6.36. The lowest BCUT2D eigenvalue weighted by atomic mass is 9.36. The molecule has 2 aromatic carbocycles. The molecule has 14 heteroatoms. The van der Waals surface area contributed by atoms with Crippen molar-refractivity contribution in [2.75, 3.05) is 32.9 Å². The number of methoxy groups -OCH3 is 1. The molecule has 8 rings (SSSR count). The maximum Gasteiger partial charge on any atom is 0.304 e. The molecule has 3 saturated carbocycles. The Morgan fingerprint density at radius 3 is 2.48 bits per heavy atom. The number of carboxylic acid groups (broad SMARTS) is 1. The molecule has 0 bridgehead atoms. The molecule has 338 valence electrons. The minimum absolute atomic E-state index is 0.0481. The van der Waals surface area contributed by atoms with E-state index >= 15 is 0 Å². The number of aromatic nitrogens is 1. The number of phenols is 2. The van der Waals surface area contributed by atoms with Gasteiger partial charge in [-0.05, 0) is 147 Å². The number of carboxylic acids is 1. The molecule has 2 saturated heterocycles. The zero-order chi connectivity index (χ0) is 43.8. The van der Waals surface area contributed by atoms with Gasteiger partial charge in [0.1, 0.15) is 12.4 Å². The van der Waals surface area contributed by atoms with Gasteiger partial charge in [0.2, 0.25) is 5.75 Å². The Morgan fingerprint density at radius 1 is 0.968 bits per heavy atom. The van der Waals surface area contributed by atoms with E-state index in [-0.39, 0.29) is 77.6 Å². The first-order valence-electron chi connectivity index (χ1n) is 22.6. The third kappa shape index (κ3) is 7.95. The van der Waals surface area contributed by atoms with Gasteiger partial charge in [-0.2, -0.15) is 0 Å². The van der Waals surface area contributed by atoms with E-state index < -0.39 is 48.4 Å². The summed E-state index contributed by atoms with van der Waals surface area (Å²) in [6.07, 6.45) is 10.9. The number of ether oxygens (including phenoxy) is 4. The van der Waals surface area contributed by atoms with Gasteiger partial charge in [-0.3, -0.25) is 4.79 Å². The van der Waals surface area contributed by atoms with Gasteiger partial charge in [-0.25, -0.2) is 4.98 Å². The summed E-state index contributed by atoms with van der Waals surface area (Å²) in [7, 11) is 1.46. The van der Waals surface area contributed by atoms with Crippen molar-refractivity contribution in [1.29, 1.82) is 0 Å². The average molecular weight is 860 g/mol. The van der Waals surface area contributed by atoms with Crippen LogP contribution in [0.5, 0.6) is 28.7 Å². The zero-order valence-electron chi connectivity index (χ0n) is 36.0. The molecule has 5 fully saturated rings. The van der Waals surface area contributed by atoms with Crippen LogP contribution in [0.3, 0.4) is 0 Å². The van der Waals surface area contributed by atoms with E-state index in [9.17, 15) is 35.4 Å². The smallest absolute Gasteiger partial charge is 0.304 e. The van der Waals surface area contributed by atoms with Gasteiger partial charge in [0.15, 0.2) is 29.8 Å². The van der Waals surface area contributed by atoms with Crippen LogP contribution in [-0.2, 0) is 16.0 Å². The van der Waals surface area contributed by atoms with Crippen LogP contribution in [0.25, 0.3) is 0 Å². The first-order chi connectivity index (χ1) is 29.9. The van der Waals surface area contributed by atoms with Gasteiger partial charge in [-0.1, -0.05) is 25.3 Å². The molecule has 10 atom stereocenters. The summed E-state index contributed by atoms with van der Waals surface area (Å²) >= 11 is 0. The summed E-state index contributed by atoms with van der Waals surface area (Å²) in [5, 5.41) is 67.6. The Hall–Kier alpha value is -4.34. The molecule has 5 aliphatic rings. The number of aryl methyl sites for hydroxylation is 1. The van der Waals surface area contributed by atoms with Crippen molar-refractivity contribution in [2.45, 2.75) is 133 Å². The number of benzene rings is 2. The molecule has 62 heavy (non-hydrogen) atoms. The van der Waals surface area contributed by atoms with E-state index in [0.717, 1.165) is 56.1 Å². The highest BCUT2D eigenvalue weighted by molar-refractivity contribution is 5.69. The molecule has 1 aromatic heterocycles. The number of hydrogen-bond acceptors (Lipinski definition) is 13. The normalized spacial score (nSPS) is 32.5. The molecule has 3 aromatic rings. The van der Waals surface area contributed by atoms with E-state index in [1.807, 2.05) is 12.1 Å². The maximum atomic E-state index is 13.4. The third-order valence-electron chi connectivity index (χ3n) is 15.9. The molecule has 2 aliphatic heterocycles. The summed E-state index contributed by atoms with van der Waals surface area (Å²) in [5.41, 5.74) is 7.94. The number of anilines is 1. The van der Waals surface area contributed by atoms with Crippen molar-refractivity contribution in [3.05, 3.63) is 65.4 Å². The van der Waals surface area contributed by atoms with Crippen LogP contribution in [0.2, 0.25) is 0 Å². The number of pyridine rings is 1. The standard InChI is InChI=1S/C48H65N3O11/c1-28-23-47-15-5-6-40(47)46(13-3-4-14-46)24-34(30-11-16-50-42(49)21-30)48(47,25-43(56)57)41(51-28)26-60-39-20-31(19-38(59-2)44(39)58)45-33(12-17-52)36(55)22-32(62-45)9-7-29-8-10-35(54)37(18-29)61-27-53/h8,10-11,16,18-21,28,32-34,36,40-41,45,51-55,58H,3-7,9,12-15,17,22-27H2,1-2H3,(H2,49,50)(H,56,57). The number of aromatic hydroxyl groups is 2. The fraction of sp³-hybridized carbons (Fsp3) is 0.625. The summed E-state index contributed by atoms with van der Waals surface area (Å²) in [4.78, 5) is 17.7. The van der Waals surface area contributed by atoms with Gasteiger partial charge in [0, 0.05) is 36.2 Å². The fourth-order valence-electron chi connectivity index (χ4n) is 13.8. The largest absolute Gasteiger partial charge is 0.504 e. The van der Waals surface area contributed by atoms with E-state index in [2.05, 4.69) is 17.2 Å². The number of nitrogen functional groups attached to an aromatic ring is 1. The quantitative estimate of drug-likeness (QED) is 0.0779. The second kappa shape index (κ2) is 18.0. The first-order valence-corrected chi connectivity index (χ1v) is 22.6. The fourth-order valence-corrected chi connectivity index (χ4v) is 13.8. The Kier molecular flexibility index (Phi) is 12.9. The van der Waals surface area contributed by atoms with Crippen molar-refractivity contribution in [3.8, 4) is 28.7 Å². The number of aliphatic hydroxyl groups excluding tert-OH is 3. The molecule has 0 amide bonds. The number of fused-ring (bicyclic) bond motifs is 1. The second-order valence-corrected chi connectivity index (χ2v) is 19.0. The minimum atomic E-state index is -0.848. The van der Waals surface area contributed by atoms with Crippen LogP contribution in [0.4, 0.5) is 5.82 Å². The Balaban J connectivity index is 1.14. The molecule has 0 radical (unpaired) electrons. The molecule has 2 spiro atoms. The van der Waals surface area contributed by atoms with Crippen molar-refractivity contribution in [2.24, 2.45) is 28.1 Å². The number of aliphatic hydroxyl groups is 3. The third-order valence-corrected chi connectivity index (χ3v) is 15.9. The highest BCUT2D eigenvalue weighted by Crippen LogP contribution is 2.77. The van der Waals surface area contributed by atoms with Crippen LogP contribution >= 0.6 is 0 Å². The highest BCUT2D eigenvalue weighted by atomic mass is 16.6. The number of piperidine rings is 1. The summed E-state index contributed by atoms with van der Waals surface area (Å²) in [6, 6.07) is 12.0. The molecule has 10 unspecified atom stereocenters. The predicted molar refractivity (Wildman–Crippen MR) is 230 cm³/mol. The lowest BCUT2D eigenvalue weighted by molar-refractivity contribution is -0.193. The minimum Gasteiger partial charge on any atom is -0.504 e. The zero-order valence-corrected chi connectivity index (χ0v) is 36.0. The SMILES string of the molecule is COc1cc(C2OC(CCc3ccc(O)c(OCO)c3)CC(O)C2CCO)cc(OCC2NC(C)CC34CCCC3C3(CCCC3)CC(c3ccnc(N)c3)C24CC(=O)O)c1O. The number of hydrogen-bond donors (Lipinski definition) is 8. The van der Waals surface area contributed by atoms with Crippen LogP contribution < -0.4 is 25.3 Å². The van der Waals surface area contributed by atoms with E-state index in [1.54, 1.807) is 30.5 Å². The van der Waals surface area contributed by atoms with Crippen LogP contribution in [0.1, 0.15) is 119 Å². The summed E-state index contributed by atoms with van der Waals surface area (Å²) in [6.45, 7) is 1.53. The summed E-state index contributed by atoms with van der Waals surface area (Å²) in [5.74, 6) is -0.475. The van der Waals surface area contributed by atoms with Crippen LogP contribution in [-0.4, -0.2) is 93.0 Å². The number of carbonyl (C=O) groups is 1. The molecular formula is C48H65N3O11. The Labute approximate surface area is 363 Å². The van der Waals surface area contributed by atoms with Gasteiger partial charge < -0.3 is 60.6 Å².